The largest absolute Gasteiger partial charge is 0.469 e. The number of hydrogen-bond acceptors (Lipinski definition) is 6. The number of sulfonamides is 2. The lowest BCUT2D eigenvalue weighted by Gasteiger charge is -2.32. The second-order valence-corrected chi connectivity index (χ2v) is 13.2. The molecule has 1 aromatic rings. The third kappa shape index (κ3) is 8.04. The Balaban J connectivity index is 2.06. The van der Waals surface area contributed by atoms with E-state index in [0.717, 1.165) is 17.5 Å². The summed E-state index contributed by atoms with van der Waals surface area (Å²) < 4.78 is 58.3. The van der Waals surface area contributed by atoms with Crippen molar-refractivity contribution in [3.8, 4) is 0 Å². The molecule has 0 heterocycles. The normalized spacial score (nSPS) is 19.3. The average molecular weight is 513 g/mol. The summed E-state index contributed by atoms with van der Waals surface area (Å²) in [5, 5.41) is -0.481. The Morgan fingerprint density at radius 3 is 2.29 bits per heavy atom. The van der Waals surface area contributed by atoms with Gasteiger partial charge in [-0.3, -0.25) is 4.79 Å². The molecule has 1 aliphatic rings. The molecule has 1 aromatic carbocycles. The van der Waals surface area contributed by atoms with Crippen LogP contribution in [0.5, 0.6) is 0 Å². The van der Waals surface area contributed by atoms with Gasteiger partial charge in [0.15, 0.2) is 0 Å². The first-order valence-electron chi connectivity index (χ1n) is 11.4. The van der Waals surface area contributed by atoms with Gasteiger partial charge in [-0.2, -0.15) is 0 Å². The van der Waals surface area contributed by atoms with E-state index in [9.17, 15) is 21.6 Å². The summed E-state index contributed by atoms with van der Waals surface area (Å²) in [6.07, 6.45) is 9.17. The van der Waals surface area contributed by atoms with Crippen LogP contribution in [0.1, 0.15) is 57.1 Å². The molecule has 10 heteroatoms. The molecule has 8 nitrogen and oxygen atoms in total. The predicted octanol–water partition coefficient (Wildman–Crippen LogP) is 2.74. The van der Waals surface area contributed by atoms with Crippen LogP contribution in [0.3, 0.4) is 0 Å². The molecule has 0 aromatic heterocycles. The Bertz CT molecular complexity index is 1090. The predicted molar refractivity (Wildman–Crippen MR) is 135 cm³/mol. The molecule has 2 unspecified atom stereocenters. The number of hydrogen-bond donors (Lipinski definition) is 2. The number of methoxy groups -OCH3 is 1. The molecule has 0 bridgehead atoms. The average Bonchev–Trinajstić information content (AvgIpc) is 2.81. The zero-order valence-corrected chi connectivity index (χ0v) is 21.9. The number of rotatable bonds is 13. The zero-order chi connectivity index (χ0) is 25.4. The van der Waals surface area contributed by atoms with Crippen molar-refractivity contribution < 1.29 is 26.4 Å². The quantitative estimate of drug-likeness (QED) is 0.392. The van der Waals surface area contributed by atoms with Crippen molar-refractivity contribution in [2.45, 2.75) is 56.6 Å². The van der Waals surface area contributed by atoms with Crippen LogP contribution < -0.4 is 9.44 Å². The van der Waals surface area contributed by atoms with Crippen molar-refractivity contribution >= 4 is 26.0 Å². The molecule has 0 spiro atoms. The maximum Gasteiger partial charge on any atom is 0.306 e. The van der Waals surface area contributed by atoms with Gasteiger partial charge in [-0.15, -0.1) is 0 Å². The summed E-state index contributed by atoms with van der Waals surface area (Å²) in [7, 11) is -5.68. The van der Waals surface area contributed by atoms with Crippen molar-refractivity contribution in [3.63, 3.8) is 0 Å². The highest BCUT2D eigenvalue weighted by molar-refractivity contribution is 7.90. The van der Waals surface area contributed by atoms with Gasteiger partial charge in [-0.25, -0.2) is 26.3 Å². The van der Waals surface area contributed by atoms with E-state index in [2.05, 4.69) is 26.3 Å². The summed E-state index contributed by atoms with van der Waals surface area (Å²) in [6, 6.07) is 8.05. The third-order valence-electron chi connectivity index (χ3n) is 6.11. The second kappa shape index (κ2) is 12.1. The Morgan fingerprint density at radius 2 is 1.74 bits per heavy atom. The van der Waals surface area contributed by atoms with E-state index in [4.69, 9.17) is 0 Å². The third-order valence-corrected chi connectivity index (χ3v) is 9.30. The first-order valence-corrected chi connectivity index (χ1v) is 14.6. The number of nitrogens with one attached hydrogen (secondary N) is 2. The van der Waals surface area contributed by atoms with E-state index in [1.807, 2.05) is 43.3 Å². The minimum Gasteiger partial charge on any atom is -0.469 e. The molecule has 2 N–H and O–H groups in total. The van der Waals surface area contributed by atoms with E-state index in [1.54, 1.807) is 13.8 Å². The molecule has 0 fully saturated rings. The molecule has 0 aliphatic heterocycles. The molecule has 2 rings (SSSR count). The number of carbonyl (C=O) groups is 1. The van der Waals surface area contributed by atoms with Crippen molar-refractivity contribution in [1.29, 1.82) is 0 Å². The maximum absolute atomic E-state index is 12.2. The summed E-state index contributed by atoms with van der Waals surface area (Å²) in [4.78, 5) is 11.2. The van der Waals surface area contributed by atoms with Gasteiger partial charge in [-0.1, -0.05) is 55.5 Å². The van der Waals surface area contributed by atoms with Gasteiger partial charge < -0.3 is 4.74 Å². The molecular weight excluding hydrogens is 476 g/mol. The van der Waals surface area contributed by atoms with Gasteiger partial charge >= 0.3 is 5.97 Å². The summed E-state index contributed by atoms with van der Waals surface area (Å²) in [5.74, 6) is -0.870. The van der Waals surface area contributed by atoms with E-state index < -0.39 is 31.3 Å². The van der Waals surface area contributed by atoms with Crippen LogP contribution in [0.25, 0.3) is 0 Å². The van der Waals surface area contributed by atoms with E-state index in [1.165, 1.54) is 7.11 Å². The highest BCUT2D eigenvalue weighted by Gasteiger charge is 2.30. The first-order chi connectivity index (χ1) is 15.9. The fourth-order valence-corrected chi connectivity index (χ4v) is 5.51. The van der Waals surface area contributed by atoms with Gasteiger partial charge in [0.05, 0.1) is 24.5 Å². The SMILES string of the molecule is COC(=O)CCS(=O)(=O)NCCC1(c2ccc(C(C)CNS(=O)(=O)C(C)C)cc2)C=CC=CC1. The van der Waals surface area contributed by atoms with Gasteiger partial charge in [0.1, 0.15) is 0 Å². The van der Waals surface area contributed by atoms with Gasteiger partial charge in [-0.05, 0) is 43.7 Å². The molecule has 0 radical (unpaired) electrons. The Kier molecular flexibility index (Phi) is 10.0. The highest BCUT2D eigenvalue weighted by Crippen LogP contribution is 2.36. The van der Waals surface area contributed by atoms with Crippen molar-refractivity contribution in [1.82, 2.24) is 9.44 Å². The lowest BCUT2D eigenvalue weighted by molar-refractivity contribution is -0.140. The van der Waals surface area contributed by atoms with Crippen LogP contribution >= 0.6 is 0 Å². The second-order valence-electron chi connectivity index (χ2n) is 8.90. The maximum atomic E-state index is 12.2. The number of allylic oxidation sites excluding steroid dienone is 4. The number of benzene rings is 1. The zero-order valence-electron chi connectivity index (χ0n) is 20.3. The highest BCUT2D eigenvalue weighted by atomic mass is 32.2. The van der Waals surface area contributed by atoms with Crippen LogP contribution in [0.2, 0.25) is 0 Å². The fraction of sp³-hybridized carbons (Fsp3) is 0.542. The van der Waals surface area contributed by atoms with Gasteiger partial charge in [0, 0.05) is 18.5 Å². The van der Waals surface area contributed by atoms with E-state index >= 15 is 0 Å². The van der Waals surface area contributed by atoms with Crippen molar-refractivity contribution in [3.05, 3.63) is 59.7 Å². The van der Waals surface area contributed by atoms with Gasteiger partial charge in [0.25, 0.3) is 0 Å². The van der Waals surface area contributed by atoms with E-state index in [0.29, 0.717) is 13.0 Å². The summed E-state index contributed by atoms with van der Waals surface area (Å²) in [5.41, 5.74) is 1.71. The standard InChI is InChI=1S/C24H36N2O6S2/c1-19(2)34(30,31)26-18-20(3)21-8-10-22(11-9-21)24(13-6-5-7-14-24)15-16-25-33(28,29)17-12-23(27)32-4/h5-11,13,19-20,25-26H,12,14-18H2,1-4H3. The van der Waals surface area contributed by atoms with Crippen molar-refractivity contribution in [2.24, 2.45) is 0 Å². The van der Waals surface area contributed by atoms with E-state index in [-0.39, 0.29) is 30.1 Å². The Hall–Kier alpha value is -2.01. The molecule has 190 valence electrons. The Labute approximate surface area is 204 Å². The molecule has 34 heavy (non-hydrogen) atoms. The smallest absolute Gasteiger partial charge is 0.306 e. The first kappa shape index (κ1) is 28.2. The van der Waals surface area contributed by atoms with Crippen LogP contribution in [0.4, 0.5) is 0 Å². The lowest BCUT2D eigenvalue weighted by atomic mass is 9.72. The van der Waals surface area contributed by atoms with Crippen LogP contribution in [-0.2, 0) is 35.0 Å². The minimum absolute atomic E-state index is 0.00180. The number of carbonyl (C=O) groups excluding carboxylic acids is 1. The monoisotopic (exact) mass is 512 g/mol. The van der Waals surface area contributed by atoms with Gasteiger partial charge in [0.2, 0.25) is 20.0 Å². The molecule has 1 aliphatic carbocycles. The molecule has 0 amide bonds. The molecule has 0 saturated carbocycles. The van der Waals surface area contributed by atoms with Crippen LogP contribution in [-0.4, -0.2) is 54.0 Å². The number of ether oxygens (including phenoxy) is 1. The Morgan fingerprint density at radius 1 is 1.06 bits per heavy atom. The fourth-order valence-electron chi connectivity index (χ4n) is 3.70. The molecule has 2 atom stereocenters. The minimum atomic E-state index is -3.59. The summed E-state index contributed by atoms with van der Waals surface area (Å²) in [6.45, 7) is 5.82. The lowest BCUT2D eigenvalue weighted by Crippen LogP contribution is -2.34. The number of esters is 1. The van der Waals surface area contributed by atoms with Crippen LogP contribution in [0.15, 0.2) is 48.6 Å². The topological polar surface area (TPSA) is 119 Å². The van der Waals surface area contributed by atoms with Crippen molar-refractivity contribution in [2.75, 3.05) is 26.0 Å². The molecular formula is C24H36N2O6S2. The van der Waals surface area contributed by atoms with Crippen LogP contribution in [0, 0.1) is 0 Å². The summed E-state index contributed by atoms with van der Waals surface area (Å²) >= 11 is 0. The molecule has 0 saturated heterocycles.